The van der Waals surface area contributed by atoms with Crippen LogP contribution in [0, 0.1) is 23.7 Å². The summed E-state index contributed by atoms with van der Waals surface area (Å²) in [5, 5.41) is 10.5. The van der Waals surface area contributed by atoms with Crippen LogP contribution in [0.4, 0.5) is 0 Å². The summed E-state index contributed by atoms with van der Waals surface area (Å²) >= 11 is 0. The van der Waals surface area contributed by atoms with Gasteiger partial charge >= 0.3 is 39.5 Å². The van der Waals surface area contributed by atoms with Crippen molar-refractivity contribution in [2.45, 2.75) is 305 Å². The number of aliphatic hydroxyl groups excluding tert-OH is 1. The summed E-state index contributed by atoms with van der Waals surface area (Å²) in [6.07, 6.45) is 29.8. The predicted molar refractivity (Wildman–Crippen MR) is 317 cm³/mol. The van der Waals surface area contributed by atoms with Gasteiger partial charge in [0.1, 0.15) is 19.3 Å². The quantitative estimate of drug-likeness (QED) is 0.0222. The Morgan fingerprint density at radius 2 is 0.525 bits per heavy atom. The first-order valence-corrected chi connectivity index (χ1v) is 34.7. The highest BCUT2D eigenvalue weighted by Gasteiger charge is 2.30. The number of hydrogen-bond acceptors (Lipinski definition) is 15. The molecule has 0 radical (unpaired) electrons. The normalized spacial score (nSPS) is 14.5. The molecule has 0 aliphatic heterocycles. The number of phosphoric acid groups is 2. The largest absolute Gasteiger partial charge is 0.472 e. The molecule has 0 aliphatic carbocycles. The molecular weight excluding hydrogens is 1070 g/mol. The maximum Gasteiger partial charge on any atom is 0.472 e. The van der Waals surface area contributed by atoms with Gasteiger partial charge in [0.2, 0.25) is 0 Å². The van der Waals surface area contributed by atoms with Crippen molar-refractivity contribution < 1.29 is 80.2 Å². The number of unbranched alkanes of at least 4 members (excludes halogenated alkanes) is 24. The Kier molecular flexibility index (Phi) is 50.2. The van der Waals surface area contributed by atoms with Crippen LogP contribution in [-0.2, 0) is 65.4 Å². The zero-order valence-electron chi connectivity index (χ0n) is 51.7. The number of esters is 4. The lowest BCUT2D eigenvalue weighted by atomic mass is 10.0. The van der Waals surface area contributed by atoms with Gasteiger partial charge in [-0.25, -0.2) is 9.13 Å². The van der Waals surface area contributed by atoms with Gasteiger partial charge in [0.25, 0.3) is 0 Å². The SMILES string of the molecule is CC(C)CCCCCCCCCCCC(=O)O[C@H](COC(=O)CCCCCCCCCC(C)C)COP(=O)(O)OCC(O)COP(=O)(O)OC[C@@H](COC(=O)CCCCCCCCC(C)C)OC(=O)CCCCCCCCC(C)C. The van der Waals surface area contributed by atoms with Gasteiger partial charge in [0.05, 0.1) is 26.4 Å². The molecule has 19 heteroatoms. The molecule has 17 nitrogen and oxygen atoms in total. The van der Waals surface area contributed by atoms with E-state index in [1.54, 1.807) is 0 Å². The standard InChI is InChI=1S/C61H118O17P2/c1-51(2)37-29-21-13-10-9-11-15-27-35-43-60(65)77-56(47-71-58(63)41-33-25-16-12-14-22-30-38-52(3)4)49-75-79(67,68)73-45-55(62)46-74-80(69,70)76-50-57(78-61(66)44-36-28-20-18-24-32-40-54(7)8)48-72-59(64)42-34-26-19-17-23-31-39-53(5)6/h51-57,62H,9-50H2,1-8H3,(H,67,68)(H,69,70)/t55?,56-,57-/m1/s1. The molecule has 0 aromatic rings. The third-order valence-corrected chi connectivity index (χ3v) is 15.7. The second kappa shape index (κ2) is 51.5. The van der Waals surface area contributed by atoms with E-state index in [9.17, 15) is 43.2 Å². The number of carbonyl (C=O) groups is 4. The number of rotatable bonds is 58. The second-order valence-corrected chi connectivity index (χ2v) is 26.9. The molecule has 0 heterocycles. The van der Waals surface area contributed by atoms with Crippen LogP contribution in [0.5, 0.6) is 0 Å². The lowest BCUT2D eigenvalue weighted by Crippen LogP contribution is -2.30. The van der Waals surface area contributed by atoms with Crippen LogP contribution in [0.1, 0.15) is 287 Å². The van der Waals surface area contributed by atoms with E-state index in [0.29, 0.717) is 43.4 Å². The molecule has 0 saturated carbocycles. The Morgan fingerprint density at radius 3 is 0.775 bits per heavy atom. The summed E-state index contributed by atoms with van der Waals surface area (Å²) in [7, 11) is -9.88. The number of carbonyl (C=O) groups excluding carboxylic acids is 4. The number of aliphatic hydroxyl groups is 1. The van der Waals surface area contributed by atoms with Crippen LogP contribution >= 0.6 is 15.6 Å². The summed E-state index contributed by atoms with van der Waals surface area (Å²) in [5.41, 5.74) is 0. The van der Waals surface area contributed by atoms with Gasteiger partial charge in [-0.05, 0) is 49.4 Å². The highest BCUT2D eigenvalue weighted by molar-refractivity contribution is 7.47. The van der Waals surface area contributed by atoms with Gasteiger partial charge in [-0.2, -0.15) is 0 Å². The molecule has 0 spiro atoms. The number of hydrogen-bond donors (Lipinski definition) is 3. The maximum absolute atomic E-state index is 12.9. The highest BCUT2D eigenvalue weighted by atomic mass is 31.2. The molecule has 0 fully saturated rings. The summed E-state index contributed by atoms with van der Waals surface area (Å²) in [6.45, 7) is 13.8. The molecule has 474 valence electrons. The maximum atomic E-state index is 12.9. The van der Waals surface area contributed by atoms with Crippen molar-refractivity contribution >= 4 is 39.5 Å². The van der Waals surface area contributed by atoms with Crippen molar-refractivity contribution in [3.05, 3.63) is 0 Å². The minimum atomic E-state index is -4.94. The van der Waals surface area contributed by atoms with E-state index in [2.05, 4.69) is 55.4 Å². The number of phosphoric ester groups is 2. The lowest BCUT2D eigenvalue weighted by Gasteiger charge is -2.21. The Morgan fingerprint density at radius 1 is 0.312 bits per heavy atom. The monoisotopic (exact) mass is 1180 g/mol. The van der Waals surface area contributed by atoms with E-state index in [-0.39, 0.29) is 25.7 Å². The van der Waals surface area contributed by atoms with Crippen LogP contribution in [-0.4, -0.2) is 96.7 Å². The Balaban J connectivity index is 5.24. The molecule has 80 heavy (non-hydrogen) atoms. The van der Waals surface area contributed by atoms with Crippen molar-refractivity contribution in [1.82, 2.24) is 0 Å². The summed E-state index contributed by atoms with van der Waals surface area (Å²) in [6, 6.07) is 0. The molecule has 0 bridgehead atoms. The summed E-state index contributed by atoms with van der Waals surface area (Å²) in [5.74, 6) is 0.641. The number of ether oxygens (including phenoxy) is 4. The molecule has 0 aromatic carbocycles. The van der Waals surface area contributed by atoms with Crippen molar-refractivity contribution in [2.24, 2.45) is 23.7 Å². The van der Waals surface area contributed by atoms with E-state index >= 15 is 0 Å². The van der Waals surface area contributed by atoms with Crippen molar-refractivity contribution in [3.63, 3.8) is 0 Å². The zero-order valence-corrected chi connectivity index (χ0v) is 53.5. The lowest BCUT2D eigenvalue weighted by molar-refractivity contribution is -0.161. The molecule has 0 amide bonds. The summed E-state index contributed by atoms with van der Waals surface area (Å²) in [4.78, 5) is 72.0. The van der Waals surface area contributed by atoms with E-state index in [0.717, 1.165) is 109 Å². The molecule has 0 rings (SSSR count). The fraction of sp³-hybridized carbons (Fsp3) is 0.934. The minimum absolute atomic E-state index is 0.100. The van der Waals surface area contributed by atoms with Gasteiger partial charge in [0, 0.05) is 25.7 Å². The van der Waals surface area contributed by atoms with Crippen LogP contribution < -0.4 is 0 Å². The molecule has 0 saturated heterocycles. The Bertz CT molecular complexity index is 1610. The van der Waals surface area contributed by atoms with Crippen LogP contribution in [0.25, 0.3) is 0 Å². The highest BCUT2D eigenvalue weighted by Crippen LogP contribution is 2.45. The topological polar surface area (TPSA) is 237 Å². The zero-order chi connectivity index (χ0) is 59.7. The average Bonchev–Trinajstić information content (AvgIpc) is 3.39. The first kappa shape index (κ1) is 78.1. The van der Waals surface area contributed by atoms with Gasteiger partial charge in [-0.15, -0.1) is 0 Å². The van der Waals surface area contributed by atoms with Crippen molar-refractivity contribution in [2.75, 3.05) is 39.6 Å². The molecule has 0 aliphatic rings. The third kappa shape index (κ3) is 55.3. The van der Waals surface area contributed by atoms with Gasteiger partial charge in [-0.1, -0.05) is 235 Å². The molecule has 3 unspecified atom stereocenters. The fourth-order valence-corrected chi connectivity index (χ4v) is 10.5. The van der Waals surface area contributed by atoms with Crippen LogP contribution in [0.15, 0.2) is 0 Å². The van der Waals surface area contributed by atoms with Crippen molar-refractivity contribution in [3.8, 4) is 0 Å². The van der Waals surface area contributed by atoms with Crippen LogP contribution in [0.3, 0.4) is 0 Å². The van der Waals surface area contributed by atoms with Gasteiger partial charge in [-0.3, -0.25) is 37.3 Å². The summed E-state index contributed by atoms with van der Waals surface area (Å²) < 4.78 is 67.8. The third-order valence-electron chi connectivity index (χ3n) is 13.8. The van der Waals surface area contributed by atoms with E-state index < -0.39 is 97.5 Å². The Labute approximate surface area is 486 Å². The van der Waals surface area contributed by atoms with E-state index in [4.69, 9.17) is 37.0 Å². The van der Waals surface area contributed by atoms with Crippen LogP contribution in [0.2, 0.25) is 0 Å². The fourth-order valence-electron chi connectivity index (χ4n) is 8.90. The Hall–Kier alpha value is -1.94. The molecule has 0 aromatic heterocycles. The average molecular weight is 1190 g/mol. The molecular formula is C61H118O17P2. The van der Waals surface area contributed by atoms with Crippen molar-refractivity contribution in [1.29, 1.82) is 0 Å². The van der Waals surface area contributed by atoms with Gasteiger partial charge in [0.15, 0.2) is 12.2 Å². The first-order chi connectivity index (χ1) is 38.1. The predicted octanol–water partition coefficient (Wildman–Crippen LogP) is 16.2. The smallest absolute Gasteiger partial charge is 0.462 e. The van der Waals surface area contributed by atoms with E-state index in [1.807, 2.05) is 0 Å². The van der Waals surface area contributed by atoms with Gasteiger partial charge < -0.3 is 33.8 Å². The molecule has 3 N–H and O–H groups in total. The molecule has 5 atom stereocenters. The minimum Gasteiger partial charge on any atom is -0.462 e. The second-order valence-electron chi connectivity index (χ2n) is 24.0. The van der Waals surface area contributed by atoms with E-state index in [1.165, 1.54) is 77.0 Å². The first-order valence-electron chi connectivity index (χ1n) is 31.7.